The van der Waals surface area contributed by atoms with Crippen LogP contribution in [0.5, 0.6) is 0 Å². The van der Waals surface area contributed by atoms with E-state index in [1.165, 1.54) is 5.06 Å². The molecule has 0 unspecified atom stereocenters. The molecule has 6 nitrogen and oxygen atoms in total. The second-order valence-electron chi connectivity index (χ2n) is 4.74. The molecule has 21 heavy (non-hydrogen) atoms. The van der Waals surface area contributed by atoms with Gasteiger partial charge in [-0.15, -0.1) is 12.4 Å². The summed E-state index contributed by atoms with van der Waals surface area (Å²) in [6, 6.07) is 5.17. The quantitative estimate of drug-likeness (QED) is 0.874. The molecule has 1 aromatic rings. The molecule has 1 heterocycles. The van der Waals surface area contributed by atoms with Gasteiger partial charge in [0.05, 0.1) is 0 Å². The number of aliphatic imine (C=N–C) groups is 2. The van der Waals surface area contributed by atoms with Crippen molar-refractivity contribution in [3.63, 3.8) is 0 Å². The van der Waals surface area contributed by atoms with Crippen molar-refractivity contribution in [3.05, 3.63) is 33.8 Å². The van der Waals surface area contributed by atoms with Crippen molar-refractivity contribution in [3.8, 4) is 0 Å². The molecule has 1 aliphatic rings. The van der Waals surface area contributed by atoms with E-state index in [1.54, 1.807) is 18.2 Å². The van der Waals surface area contributed by atoms with Gasteiger partial charge in [0.15, 0.2) is 5.66 Å². The first-order valence-electron chi connectivity index (χ1n) is 5.86. The summed E-state index contributed by atoms with van der Waals surface area (Å²) in [5, 5.41) is 2.48. The highest BCUT2D eigenvalue weighted by Crippen LogP contribution is 2.24. The van der Waals surface area contributed by atoms with Crippen molar-refractivity contribution in [1.82, 2.24) is 5.06 Å². The fourth-order valence-corrected chi connectivity index (χ4v) is 2.25. The van der Waals surface area contributed by atoms with E-state index < -0.39 is 5.66 Å². The van der Waals surface area contributed by atoms with Gasteiger partial charge in [-0.2, -0.15) is 10.1 Å². The second kappa shape index (κ2) is 6.70. The molecule has 116 valence electrons. The average Bonchev–Trinajstić information content (AvgIpc) is 2.29. The van der Waals surface area contributed by atoms with Gasteiger partial charge < -0.3 is 11.5 Å². The zero-order valence-corrected chi connectivity index (χ0v) is 13.8. The van der Waals surface area contributed by atoms with Crippen molar-refractivity contribution >= 4 is 47.5 Å². The van der Waals surface area contributed by atoms with Crippen molar-refractivity contribution in [2.75, 3.05) is 0 Å². The van der Waals surface area contributed by atoms with Crippen molar-refractivity contribution in [2.24, 2.45) is 21.5 Å². The Kier molecular flexibility index (Phi) is 5.69. The number of halogens is 3. The minimum atomic E-state index is -0.741. The smallest absolute Gasteiger partial charge is 0.226 e. The topological polar surface area (TPSA) is 89.2 Å². The van der Waals surface area contributed by atoms with Gasteiger partial charge in [0.2, 0.25) is 11.9 Å². The first kappa shape index (κ1) is 17.8. The summed E-state index contributed by atoms with van der Waals surface area (Å²) in [7, 11) is 0. The van der Waals surface area contributed by atoms with Crippen molar-refractivity contribution < 1.29 is 4.84 Å². The predicted octanol–water partition coefficient (Wildman–Crippen LogP) is 2.53. The number of benzene rings is 1. The van der Waals surface area contributed by atoms with Gasteiger partial charge in [0, 0.05) is 10.0 Å². The highest BCUT2D eigenvalue weighted by Gasteiger charge is 2.33. The van der Waals surface area contributed by atoms with Crippen molar-refractivity contribution in [1.29, 1.82) is 0 Å². The summed E-state index contributed by atoms with van der Waals surface area (Å²) in [4.78, 5) is 13.7. The Morgan fingerprint density at radius 2 is 1.95 bits per heavy atom. The fraction of sp³-hybridized carbons (Fsp3) is 0.333. The highest BCUT2D eigenvalue weighted by atomic mass is 35.5. The van der Waals surface area contributed by atoms with E-state index in [1.807, 2.05) is 13.8 Å². The molecule has 0 atom stereocenters. The number of nitrogens with zero attached hydrogens (tertiary/aromatic N) is 3. The number of rotatable bonds is 3. The van der Waals surface area contributed by atoms with E-state index >= 15 is 0 Å². The van der Waals surface area contributed by atoms with Gasteiger partial charge in [-0.05, 0) is 31.5 Å². The molecule has 2 rings (SSSR count). The zero-order valence-electron chi connectivity index (χ0n) is 11.5. The van der Waals surface area contributed by atoms with Gasteiger partial charge >= 0.3 is 0 Å². The number of guanidine groups is 2. The average molecular weight is 353 g/mol. The van der Waals surface area contributed by atoms with Crippen LogP contribution in [0.3, 0.4) is 0 Å². The van der Waals surface area contributed by atoms with Crippen LogP contribution in [0.2, 0.25) is 10.0 Å². The Bertz CT molecular complexity index is 588. The number of hydrogen-bond acceptors (Lipinski definition) is 6. The Hall–Kier alpha value is -1.21. The fourth-order valence-electron chi connectivity index (χ4n) is 1.79. The van der Waals surface area contributed by atoms with Crippen LogP contribution < -0.4 is 11.5 Å². The summed E-state index contributed by atoms with van der Waals surface area (Å²) in [5.74, 6) is 0.268. The monoisotopic (exact) mass is 351 g/mol. The summed E-state index contributed by atoms with van der Waals surface area (Å²) < 4.78 is 0. The lowest BCUT2D eigenvalue weighted by Gasteiger charge is -2.36. The Labute approximate surface area is 139 Å². The zero-order chi connectivity index (χ0) is 14.9. The summed E-state index contributed by atoms with van der Waals surface area (Å²) in [6.07, 6.45) is 0. The lowest BCUT2D eigenvalue weighted by atomic mass is 10.2. The Balaban J connectivity index is 0.00000220. The number of nitrogens with two attached hydrogens (primary N) is 2. The van der Waals surface area contributed by atoms with E-state index in [2.05, 4.69) is 9.98 Å². The number of hydroxylamine groups is 2. The van der Waals surface area contributed by atoms with E-state index in [-0.39, 0.29) is 30.9 Å². The molecule has 1 aliphatic heterocycles. The molecule has 9 heteroatoms. The van der Waals surface area contributed by atoms with Crippen molar-refractivity contribution in [2.45, 2.75) is 26.1 Å². The Morgan fingerprint density at radius 1 is 1.29 bits per heavy atom. The van der Waals surface area contributed by atoms with Crippen LogP contribution in [0.4, 0.5) is 0 Å². The molecule has 0 saturated heterocycles. The first-order valence-corrected chi connectivity index (χ1v) is 6.62. The molecule has 0 aromatic heterocycles. The standard InChI is InChI=1S/C12H15Cl2N5O.ClH/c1-12(2)18-10(15)17-11(16)19(12)20-6-7-3-4-8(13)5-9(7)14;/h3-5H,6H2,1-2H3,(H4,15,16,17,18);1H. The first-order chi connectivity index (χ1) is 9.29. The lowest BCUT2D eigenvalue weighted by Crippen LogP contribution is -2.53. The minimum absolute atomic E-state index is 0. The summed E-state index contributed by atoms with van der Waals surface area (Å²) in [5.41, 5.74) is 11.4. The SMILES string of the molecule is CC1(C)N=C(N)N=C(N)N1OCc1ccc(Cl)cc1Cl.Cl. The lowest BCUT2D eigenvalue weighted by molar-refractivity contribution is -0.166. The van der Waals surface area contributed by atoms with E-state index in [4.69, 9.17) is 39.5 Å². The second-order valence-corrected chi connectivity index (χ2v) is 5.58. The minimum Gasteiger partial charge on any atom is -0.368 e. The van der Waals surface area contributed by atoms with Crippen LogP contribution in [-0.2, 0) is 11.4 Å². The molecule has 0 bridgehead atoms. The van der Waals surface area contributed by atoms with Crippen LogP contribution in [0.15, 0.2) is 28.2 Å². The van der Waals surface area contributed by atoms with Gasteiger partial charge in [-0.1, -0.05) is 29.3 Å². The predicted molar refractivity (Wildman–Crippen MR) is 87.7 cm³/mol. The third-order valence-electron chi connectivity index (χ3n) is 2.69. The maximum absolute atomic E-state index is 6.09. The van der Waals surface area contributed by atoms with Crippen LogP contribution in [0.1, 0.15) is 19.4 Å². The third kappa shape index (κ3) is 4.14. The maximum Gasteiger partial charge on any atom is 0.226 e. The third-order valence-corrected chi connectivity index (χ3v) is 3.27. The largest absolute Gasteiger partial charge is 0.368 e. The number of hydrogen-bond donors (Lipinski definition) is 2. The van der Waals surface area contributed by atoms with Gasteiger partial charge in [0.25, 0.3) is 0 Å². The molecule has 0 radical (unpaired) electrons. The van der Waals surface area contributed by atoms with Crippen LogP contribution in [0.25, 0.3) is 0 Å². The highest BCUT2D eigenvalue weighted by molar-refractivity contribution is 6.35. The molecular weight excluding hydrogens is 337 g/mol. The van der Waals surface area contributed by atoms with Crippen LogP contribution >= 0.6 is 35.6 Å². The summed E-state index contributed by atoms with van der Waals surface area (Å²) >= 11 is 11.9. The van der Waals surface area contributed by atoms with E-state index in [0.717, 1.165) is 5.56 Å². The molecule has 0 amide bonds. The molecule has 4 N–H and O–H groups in total. The molecule has 0 aliphatic carbocycles. The van der Waals surface area contributed by atoms with Crippen LogP contribution in [0, 0.1) is 0 Å². The normalized spacial score (nSPS) is 16.9. The molecule has 1 aromatic carbocycles. The molecule has 0 fully saturated rings. The Morgan fingerprint density at radius 3 is 2.52 bits per heavy atom. The van der Waals surface area contributed by atoms with E-state index in [0.29, 0.717) is 10.0 Å². The summed E-state index contributed by atoms with van der Waals surface area (Å²) in [6.45, 7) is 3.83. The van der Waals surface area contributed by atoms with Gasteiger partial charge in [-0.3, -0.25) is 4.84 Å². The molecule has 0 saturated carbocycles. The van der Waals surface area contributed by atoms with Gasteiger partial charge in [-0.25, -0.2) is 4.99 Å². The van der Waals surface area contributed by atoms with Crippen LogP contribution in [-0.4, -0.2) is 22.6 Å². The van der Waals surface area contributed by atoms with Gasteiger partial charge in [0.1, 0.15) is 6.61 Å². The molecular formula is C12H16Cl3N5O. The van der Waals surface area contributed by atoms with E-state index in [9.17, 15) is 0 Å². The maximum atomic E-state index is 6.09. The molecule has 0 spiro atoms.